The average molecular weight is 783 g/mol. The molecule has 17 nitrogen and oxygen atoms in total. The van der Waals surface area contributed by atoms with E-state index in [0.29, 0.717) is 24.8 Å². The number of likely N-dealkylation sites (N-methyl/N-ethyl adjacent to an activating group) is 2. The summed E-state index contributed by atoms with van der Waals surface area (Å²) >= 11 is 4.16. The van der Waals surface area contributed by atoms with Crippen molar-refractivity contribution in [3.05, 3.63) is 23.8 Å². The van der Waals surface area contributed by atoms with E-state index in [1.807, 2.05) is 0 Å². The van der Waals surface area contributed by atoms with Gasteiger partial charge < -0.3 is 54.0 Å². The highest BCUT2D eigenvalue weighted by atomic mass is 32.1. The van der Waals surface area contributed by atoms with E-state index in [1.165, 1.54) is 29.8 Å². The molecular weight excluding hydrogens is 728 g/mol. The lowest BCUT2D eigenvalue weighted by molar-refractivity contribution is -0.195. The van der Waals surface area contributed by atoms with Gasteiger partial charge in [-0.25, -0.2) is 9.59 Å². The lowest BCUT2D eigenvalue weighted by atomic mass is 10.1. The number of nitrogens with one attached hydrogen (secondary N) is 1. The molecule has 1 heterocycles. The molecule has 1 aromatic carbocycles. The van der Waals surface area contributed by atoms with Crippen LogP contribution < -0.4 is 10.1 Å². The van der Waals surface area contributed by atoms with Gasteiger partial charge in [0.2, 0.25) is 24.0 Å². The second-order valence-corrected chi connectivity index (χ2v) is 13.8. The lowest BCUT2D eigenvalue weighted by Crippen LogP contribution is -2.42. The van der Waals surface area contributed by atoms with Gasteiger partial charge >= 0.3 is 12.1 Å². The van der Waals surface area contributed by atoms with Crippen molar-refractivity contribution in [2.45, 2.75) is 95.1 Å². The van der Waals surface area contributed by atoms with Gasteiger partial charge in [-0.1, -0.05) is 25.3 Å². The Morgan fingerprint density at radius 1 is 0.963 bits per heavy atom. The van der Waals surface area contributed by atoms with Crippen LogP contribution in [0.4, 0.5) is 10.5 Å². The van der Waals surface area contributed by atoms with Gasteiger partial charge in [-0.3, -0.25) is 19.2 Å². The molecule has 4 atom stereocenters. The second kappa shape index (κ2) is 24.2. The fourth-order valence-electron chi connectivity index (χ4n) is 5.20. The van der Waals surface area contributed by atoms with E-state index >= 15 is 0 Å². The third kappa shape index (κ3) is 17.3. The Kier molecular flexibility index (Phi) is 20.6. The predicted octanol–water partition coefficient (Wildman–Crippen LogP) is 2.27. The maximum Gasteiger partial charge on any atom is 0.409 e. The Morgan fingerprint density at radius 2 is 1.65 bits per heavy atom. The highest BCUT2D eigenvalue weighted by Gasteiger charge is 2.34. The summed E-state index contributed by atoms with van der Waals surface area (Å²) in [6.07, 6.45) is 0.619. The number of anilines is 1. The number of nitrogens with zero attached hydrogens (tertiary/aromatic N) is 3. The first-order chi connectivity index (χ1) is 25.6. The number of carboxylic acid groups (broad SMARTS) is 1. The van der Waals surface area contributed by atoms with Gasteiger partial charge in [0.25, 0.3) is 0 Å². The standard InChI is InChI=1S/C36H54N4O13S/c1-24(42)21-50-23-32(45)38(2)15-16-40(4)36(49)51-22-25-11-12-28(52-33-20-26(43)19-29(53-33)35(47)48)27(18-25)37-31(44)10-8-6-5-7-9-14-39(3)34(46)30(54)13-17-41/h11-12,17-18,26,29-30,33,43,54H,5-10,13-16,19-23H2,1-4H3,(H,37,44)(H,47,48). The monoisotopic (exact) mass is 782 g/mol. The molecule has 1 aliphatic rings. The number of aliphatic hydroxyl groups is 1. The molecule has 0 saturated carbocycles. The number of unbranched alkanes of at least 4 members (excludes halogenated alkanes) is 4. The van der Waals surface area contributed by atoms with Crippen LogP contribution in [0.3, 0.4) is 0 Å². The number of aldehydes is 1. The van der Waals surface area contributed by atoms with Gasteiger partial charge in [0.05, 0.1) is 17.0 Å². The minimum atomic E-state index is -1.27. The molecule has 302 valence electrons. The van der Waals surface area contributed by atoms with Crippen molar-refractivity contribution in [2.24, 2.45) is 0 Å². The van der Waals surface area contributed by atoms with Crippen LogP contribution in [0, 0.1) is 0 Å². The number of benzene rings is 1. The van der Waals surface area contributed by atoms with Crippen molar-refractivity contribution in [2.75, 3.05) is 59.3 Å². The predicted molar refractivity (Wildman–Crippen MR) is 198 cm³/mol. The highest BCUT2D eigenvalue weighted by molar-refractivity contribution is 7.81. The minimum Gasteiger partial charge on any atom is -0.479 e. The smallest absolute Gasteiger partial charge is 0.409 e. The largest absolute Gasteiger partial charge is 0.479 e. The van der Waals surface area contributed by atoms with Crippen molar-refractivity contribution < 1.29 is 62.7 Å². The zero-order valence-electron chi connectivity index (χ0n) is 31.4. The Labute approximate surface area is 321 Å². The molecular formula is C36H54N4O13S. The zero-order chi connectivity index (χ0) is 40.2. The summed E-state index contributed by atoms with van der Waals surface area (Å²) in [6, 6.07) is 4.68. The summed E-state index contributed by atoms with van der Waals surface area (Å²) < 4.78 is 21.9. The maximum absolute atomic E-state index is 13.0. The summed E-state index contributed by atoms with van der Waals surface area (Å²) in [4.78, 5) is 87.5. The maximum atomic E-state index is 13.0. The lowest BCUT2D eigenvalue weighted by Gasteiger charge is -2.31. The zero-order valence-corrected chi connectivity index (χ0v) is 32.3. The number of ketones is 1. The van der Waals surface area contributed by atoms with Crippen LogP contribution in [0.25, 0.3) is 0 Å². The van der Waals surface area contributed by atoms with E-state index < -0.39 is 35.8 Å². The quantitative estimate of drug-likeness (QED) is 0.0673. The van der Waals surface area contributed by atoms with Crippen molar-refractivity contribution in [1.29, 1.82) is 0 Å². The fourth-order valence-corrected chi connectivity index (χ4v) is 5.48. The summed E-state index contributed by atoms with van der Waals surface area (Å²) in [5, 5.41) is 21.8. The van der Waals surface area contributed by atoms with Crippen molar-refractivity contribution in [1.82, 2.24) is 14.7 Å². The van der Waals surface area contributed by atoms with Crippen molar-refractivity contribution in [3.8, 4) is 5.75 Å². The molecule has 1 saturated heterocycles. The summed E-state index contributed by atoms with van der Waals surface area (Å²) in [7, 11) is 4.73. The molecule has 4 unspecified atom stereocenters. The van der Waals surface area contributed by atoms with Gasteiger partial charge in [-0.2, -0.15) is 12.6 Å². The molecule has 0 aromatic heterocycles. The number of hydrogen-bond donors (Lipinski definition) is 4. The molecule has 3 N–H and O–H groups in total. The first kappa shape index (κ1) is 45.9. The first-order valence-corrected chi connectivity index (χ1v) is 18.3. The third-order valence-electron chi connectivity index (χ3n) is 8.40. The number of Topliss-reactive ketones (excluding diaryl/α,β-unsaturated/α-hetero) is 1. The van der Waals surface area contributed by atoms with Crippen LogP contribution in [0.2, 0.25) is 0 Å². The molecule has 1 aromatic rings. The number of aliphatic carboxylic acids is 1. The van der Waals surface area contributed by atoms with Gasteiger partial charge in [-0.15, -0.1) is 0 Å². The number of aliphatic hydroxyl groups excluding tert-OH is 1. The number of carboxylic acids is 1. The average Bonchev–Trinajstić information content (AvgIpc) is 3.12. The van der Waals surface area contributed by atoms with Crippen LogP contribution in [0.5, 0.6) is 5.75 Å². The van der Waals surface area contributed by atoms with Crippen LogP contribution >= 0.6 is 12.6 Å². The third-order valence-corrected chi connectivity index (χ3v) is 8.83. The number of carbonyl (C=O) groups is 7. The van der Waals surface area contributed by atoms with E-state index in [-0.39, 0.29) is 93.5 Å². The van der Waals surface area contributed by atoms with Crippen molar-refractivity contribution >= 4 is 60.2 Å². The molecule has 0 aliphatic carbocycles. The highest BCUT2D eigenvalue weighted by Crippen LogP contribution is 2.31. The van der Waals surface area contributed by atoms with E-state index in [0.717, 1.165) is 25.7 Å². The normalized spacial score (nSPS) is 17.1. The van der Waals surface area contributed by atoms with Crippen LogP contribution in [-0.4, -0.2) is 145 Å². The Balaban J connectivity index is 1.96. The molecule has 1 fully saturated rings. The van der Waals surface area contributed by atoms with Crippen molar-refractivity contribution in [3.63, 3.8) is 0 Å². The van der Waals surface area contributed by atoms with Crippen LogP contribution in [-0.2, 0) is 49.6 Å². The first-order valence-electron chi connectivity index (χ1n) is 17.8. The van der Waals surface area contributed by atoms with Crippen LogP contribution in [0.1, 0.15) is 70.3 Å². The number of thiol groups is 1. The van der Waals surface area contributed by atoms with Gasteiger partial charge in [0.1, 0.15) is 31.9 Å². The second-order valence-electron chi connectivity index (χ2n) is 13.2. The molecule has 54 heavy (non-hydrogen) atoms. The number of amides is 4. The van der Waals surface area contributed by atoms with E-state index in [1.54, 1.807) is 31.1 Å². The molecule has 2 rings (SSSR count). The number of rotatable bonds is 24. The van der Waals surface area contributed by atoms with Crippen LogP contribution in [0.15, 0.2) is 18.2 Å². The summed E-state index contributed by atoms with van der Waals surface area (Å²) in [5.74, 6) is -2.14. The summed E-state index contributed by atoms with van der Waals surface area (Å²) in [6.45, 7) is 1.63. The van der Waals surface area contributed by atoms with Gasteiger partial charge in [0, 0.05) is 66.5 Å². The van der Waals surface area contributed by atoms with E-state index in [2.05, 4.69) is 17.9 Å². The number of carbonyl (C=O) groups excluding carboxylic acids is 6. The number of hydrogen-bond acceptors (Lipinski definition) is 13. The topological polar surface area (TPSA) is 219 Å². The fraction of sp³-hybridized carbons (Fsp3) is 0.639. The minimum absolute atomic E-state index is 0.00695. The Hall–Kier alpha value is -4.26. The molecule has 4 amide bonds. The van der Waals surface area contributed by atoms with E-state index in [4.69, 9.17) is 18.9 Å². The Morgan fingerprint density at radius 3 is 2.33 bits per heavy atom. The molecule has 1 aliphatic heterocycles. The Bertz CT molecular complexity index is 1430. The summed E-state index contributed by atoms with van der Waals surface area (Å²) in [5.41, 5.74) is 0.732. The van der Waals surface area contributed by atoms with Gasteiger partial charge in [-0.05, 0) is 37.5 Å². The van der Waals surface area contributed by atoms with Gasteiger partial charge in [0.15, 0.2) is 11.9 Å². The molecule has 0 radical (unpaired) electrons. The molecule has 0 bridgehead atoms. The van der Waals surface area contributed by atoms with E-state index in [9.17, 15) is 43.8 Å². The number of ether oxygens (including phenoxy) is 4. The SMILES string of the molecule is CC(=O)COCC(=O)N(C)CCN(C)C(=O)OCc1ccc(OC2CC(O)CC(C(=O)O)O2)c(NC(=O)CCCCCCCN(C)C(=O)C(S)CC=O)c1. The molecule has 18 heteroatoms. The molecule has 0 spiro atoms.